The van der Waals surface area contributed by atoms with Crippen molar-refractivity contribution in [2.24, 2.45) is 4.99 Å². The van der Waals surface area contributed by atoms with E-state index in [1.54, 1.807) is 13.3 Å². The first-order chi connectivity index (χ1) is 7.79. The minimum absolute atomic E-state index is 1.07. The van der Waals surface area contributed by atoms with Gasteiger partial charge in [-0.15, -0.1) is 0 Å². The molecule has 0 amide bonds. The Morgan fingerprint density at radius 2 is 2.00 bits per heavy atom. The fraction of sp³-hybridized carbons (Fsp3) is 0.267. The second-order valence-electron chi connectivity index (χ2n) is 3.65. The zero-order valence-electron chi connectivity index (χ0n) is 10.3. The third-order valence-corrected chi connectivity index (χ3v) is 2.52. The van der Waals surface area contributed by atoms with E-state index in [0.717, 1.165) is 6.42 Å². The Morgan fingerprint density at radius 1 is 1.25 bits per heavy atom. The molecule has 0 aromatic heterocycles. The lowest BCUT2D eigenvalue weighted by atomic mass is 9.99. The van der Waals surface area contributed by atoms with Crippen LogP contribution in [0.5, 0.6) is 0 Å². The van der Waals surface area contributed by atoms with Gasteiger partial charge in [0.05, 0.1) is 0 Å². The van der Waals surface area contributed by atoms with Crippen LogP contribution in [0.25, 0.3) is 5.57 Å². The maximum absolute atomic E-state index is 3.90. The quantitative estimate of drug-likeness (QED) is 0.531. The molecule has 1 rings (SSSR count). The van der Waals surface area contributed by atoms with E-state index in [1.807, 2.05) is 12.2 Å². The number of hydrogen-bond donors (Lipinski definition) is 0. The van der Waals surface area contributed by atoms with Gasteiger partial charge in [0.2, 0.25) is 0 Å². The van der Waals surface area contributed by atoms with E-state index in [4.69, 9.17) is 0 Å². The summed E-state index contributed by atoms with van der Waals surface area (Å²) >= 11 is 0. The van der Waals surface area contributed by atoms with Gasteiger partial charge in [-0.05, 0) is 36.1 Å². The average molecular weight is 213 g/mol. The van der Waals surface area contributed by atoms with Gasteiger partial charge in [0.15, 0.2) is 0 Å². The average Bonchev–Trinajstić information content (AvgIpc) is 2.34. The molecule has 0 spiro atoms. The first-order valence-corrected chi connectivity index (χ1v) is 5.63. The largest absolute Gasteiger partial charge is 0.297 e. The van der Waals surface area contributed by atoms with Crippen molar-refractivity contribution >= 4 is 11.8 Å². The van der Waals surface area contributed by atoms with Crippen molar-refractivity contribution < 1.29 is 0 Å². The number of rotatable bonds is 4. The topological polar surface area (TPSA) is 12.4 Å². The lowest BCUT2D eigenvalue weighted by molar-refractivity contribution is 1.13. The number of benzene rings is 1. The molecule has 1 heteroatoms. The molecule has 1 nitrogen and oxygen atoms in total. The van der Waals surface area contributed by atoms with E-state index >= 15 is 0 Å². The molecular formula is C15H19N. The molecule has 0 fully saturated rings. The van der Waals surface area contributed by atoms with Crippen LogP contribution in [0.1, 0.15) is 25.0 Å². The molecule has 0 heterocycles. The van der Waals surface area contributed by atoms with Gasteiger partial charge in [0.25, 0.3) is 0 Å². The van der Waals surface area contributed by atoms with Crippen molar-refractivity contribution in [1.29, 1.82) is 0 Å². The third-order valence-electron chi connectivity index (χ3n) is 2.52. The van der Waals surface area contributed by atoms with Gasteiger partial charge in [-0.2, -0.15) is 0 Å². The maximum atomic E-state index is 3.90. The summed E-state index contributed by atoms with van der Waals surface area (Å²) in [4.78, 5) is 3.90. The summed E-state index contributed by atoms with van der Waals surface area (Å²) in [6, 6.07) is 8.54. The van der Waals surface area contributed by atoms with Crippen LogP contribution in [0.4, 0.5) is 0 Å². The van der Waals surface area contributed by atoms with Crippen molar-refractivity contribution in [2.45, 2.75) is 20.3 Å². The molecule has 0 saturated heterocycles. The number of nitrogens with zero attached hydrogens (tertiary/aromatic N) is 1. The first kappa shape index (κ1) is 12.4. The third kappa shape index (κ3) is 3.50. The molecule has 0 aliphatic rings. The molecule has 0 aliphatic heterocycles. The standard InChI is InChI=1S/C15H19N/c1-4-14-10-5-6-11-15(14)13(2)9-7-8-12-16-3/h5-12H,4H2,1-3H3/b8-7-,13-9+,16-12?. The highest BCUT2D eigenvalue weighted by Crippen LogP contribution is 2.19. The van der Waals surface area contributed by atoms with Crippen LogP contribution in [0, 0.1) is 0 Å². The van der Waals surface area contributed by atoms with Crippen molar-refractivity contribution in [3.63, 3.8) is 0 Å². The molecule has 16 heavy (non-hydrogen) atoms. The van der Waals surface area contributed by atoms with E-state index in [2.05, 4.69) is 49.2 Å². The molecule has 84 valence electrons. The highest BCUT2D eigenvalue weighted by molar-refractivity contribution is 5.73. The maximum Gasteiger partial charge on any atom is 0.0277 e. The summed E-state index contributed by atoms with van der Waals surface area (Å²) < 4.78 is 0. The van der Waals surface area contributed by atoms with Crippen LogP contribution in [0.15, 0.2) is 47.5 Å². The minimum atomic E-state index is 1.07. The molecule has 0 radical (unpaired) electrons. The van der Waals surface area contributed by atoms with E-state index in [0.29, 0.717) is 0 Å². The smallest absolute Gasteiger partial charge is 0.0277 e. The van der Waals surface area contributed by atoms with Crippen LogP contribution >= 0.6 is 0 Å². The van der Waals surface area contributed by atoms with Crippen molar-refractivity contribution in [2.75, 3.05) is 7.05 Å². The van der Waals surface area contributed by atoms with Crippen molar-refractivity contribution in [3.05, 3.63) is 53.6 Å². The Kier molecular flexibility index (Phi) is 5.27. The highest BCUT2D eigenvalue weighted by atomic mass is 14.6. The van der Waals surface area contributed by atoms with Gasteiger partial charge in [0, 0.05) is 13.3 Å². The van der Waals surface area contributed by atoms with Gasteiger partial charge in [-0.3, -0.25) is 4.99 Å². The van der Waals surface area contributed by atoms with E-state index in [1.165, 1.54) is 16.7 Å². The Bertz CT molecular complexity index is 411. The van der Waals surface area contributed by atoms with Crippen LogP contribution in [0.3, 0.4) is 0 Å². The van der Waals surface area contributed by atoms with Gasteiger partial charge in [-0.1, -0.05) is 43.3 Å². The Morgan fingerprint density at radius 3 is 2.69 bits per heavy atom. The van der Waals surface area contributed by atoms with Crippen LogP contribution in [-0.4, -0.2) is 13.3 Å². The normalized spacial score (nSPS) is 12.8. The van der Waals surface area contributed by atoms with Crippen LogP contribution < -0.4 is 0 Å². The molecule has 0 unspecified atom stereocenters. The van der Waals surface area contributed by atoms with Gasteiger partial charge in [-0.25, -0.2) is 0 Å². The Hall–Kier alpha value is -1.63. The number of aliphatic imine (C=N–C) groups is 1. The first-order valence-electron chi connectivity index (χ1n) is 5.63. The summed E-state index contributed by atoms with van der Waals surface area (Å²) in [7, 11) is 1.77. The number of hydrogen-bond acceptors (Lipinski definition) is 1. The molecule has 0 bridgehead atoms. The fourth-order valence-electron chi connectivity index (χ4n) is 1.64. The predicted octanol–water partition coefficient (Wildman–Crippen LogP) is 3.91. The lowest BCUT2D eigenvalue weighted by Gasteiger charge is -2.06. The Labute approximate surface area is 98.2 Å². The fourth-order valence-corrected chi connectivity index (χ4v) is 1.64. The second kappa shape index (κ2) is 6.78. The Balaban J connectivity index is 2.91. The summed E-state index contributed by atoms with van der Waals surface area (Å²) in [5, 5.41) is 0. The van der Waals surface area contributed by atoms with E-state index in [-0.39, 0.29) is 0 Å². The molecular weight excluding hydrogens is 194 g/mol. The molecule has 0 aliphatic carbocycles. The van der Waals surface area contributed by atoms with Crippen LogP contribution in [-0.2, 0) is 6.42 Å². The minimum Gasteiger partial charge on any atom is -0.297 e. The molecule has 1 aromatic rings. The second-order valence-corrected chi connectivity index (χ2v) is 3.65. The number of allylic oxidation sites excluding steroid dienone is 4. The summed E-state index contributed by atoms with van der Waals surface area (Å²) in [6.45, 7) is 4.33. The SMILES string of the molecule is CCc1ccccc1/C(C)=C/C=C\C=NC. The van der Waals surface area contributed by atoms with Crippen molar-refractivity contribution in [1.82, 2.24) is 0 Å². The van der Waals surface area contributed by atoms with Crippen LogP contribution in [0.2, 0.25) is 0 Å². The van der Waals surface area contributed by atoms with E-state index < -0.39 is 0 Å². The van der Waals surface area contributed by atoms with E-state index in [9.17, 15) is 0 Å². The molecule has 0 atom stereocenters. The monoisotopic (exact) mass is 213 g/mol. The zero-order valence-corrected chi connectivity index (χ0v) is 10.3. The molecule has 0 N–H and O–H groups in total. The van der Waals surface area contributed by atoms with Gasteiger partial charge < -0.3 is 0 Å². The molecule has 1 aromatic carbocycles. The summed E-state index contributed by atoms with van der Waals surface area (Å²) in [6.07, 6.45) is 8.94. The molecule has 0 saturated carbocycles. The van der Waals surface area contributed by atoms with Gasteiger partial charge in [0.1, 0.15) is 0 Å². The summed E-state index contributed by atoms with van der Waals surface area (Å²) in [5.74, 6) is 0. The lowest BCUT2D eigenvalue weighted by Crippen LogP contribution is -1.88. The predicted molar refractivity (Wildman–Crippen MR) is 73.0 cm³/mol. The number of aryl methyl sites for hydroxylation is 1. The highest BCUT2D eigenvalue weighted by Gasteiger charge is 1.99. The van der Waals surface area contributed by atoms with Gasteiger partial charge >= 0.3 is 0 Å². The summed E-state index contributed by atoms with van der Waals surface area (Å²) in [5.41, 5.74) is 4.02. The van der Waals surface area contributed by atoms with Crippen molar-refractivity contribution in [3.8, 4) is 0 Å². The zero-order chi connectivity index (χ0) is 11.8.